The van der Waals surface area contributed by atoms with Gasteiger partial charge in [-0.2, -0.15) is 15.1 Å². The molecule has 0 spiro atoms. The lowest BCUT2D eigenvalue weighted by Gasteiger charge is -2.20. The standard InChI is InChI=1S/C26H22FN5O2S/c1-4-34-19-11-9-18(10-12-19)31-15(2)13-17(16(31)3)14-21-23(28)32-26(29-24(21)33)35-25(30-32)20-7-5-6-8-22(20)27/h5-14,28H,4H2,1-3H3. The predicted molar refractivity (Wildman–Crippen MR) is 137 cm³/mol. The second-order valence-corrected chi connectivity index (χ2v) is 8.95. The molecule has 0 saturated carbocycles. The lowest BCUT2D eigenvalue weighted by molar-refractivity contribution is -0.114. The summed E-state index contributed by atoms with van der Waals surface area (Å²) in [7, 11) is 0. The maximum absolute atomic E-state index is 14.2. The van der Waals surface area contributed by atoms with Crippen molar-refractivity contribution in [3.05, 3.63) is 88.5 Å². The number of aryl methyl sites for hydroxylation is 1. The molecular formula is C26H22FN5O2S. The molecule has 5 rings (SSSR count). The van der Waals surface area contributed by atoms with Crippen LogP contribution in [0.25, 0.3) is 11.8 Å². The van der Waals surface area contributed by atoms with Crippen molar-refractivity contribution in [2.24, 2.45) is 10.1 Å². The van der Waals surface area contributed by atoms with Crippen molar-refractivity contribution in [2.75, 3.05) is 6.61 Å². The van der Waals surface area contributed by atoms with Crippen LogP contribution in [0.15, 0.2) is 70.3 Å². The van der Waals surface area contributed by atoms with Crippen LogP contribution in [-0.4, -0.2) is 38.1 Å². The molecule has 176 valence electrons. The SMILES string of the molecule is CCOc1ccc(-n2c(C)cc(C=C3C(=N)N4N=C(c5ccccc5F)SC4=NC3=O)c2C)cc1. The molecule has 2 aliphatic heterocycles. The smallest absolute Gasteiger partial charge is 0.283 e. The van der Waals surface area contributed by atoms with Gasteiger partial charge in [0.05, 0.1) is 12.2 Å². The third kappa shape index (κ3) is 4.08. The van der Waals surface area contributed by atoms with Gasteiger partial charge in [-0.15, -0.1) is 0 Å². The van der Waals surface area contributed by atoms with Crippen LogP contribution in [0.3, 0.4) is 0 Å². The molecule has 0 saturated heterocycles. The van der Waals surface area contributed by atoms with Gasteiger partial charge in [-0.25, -0.2) is 4.39 Å². The summed E-state index contributed by atoms with van der Waals surface area (Å²) in [6.07, 6.45) is 1.67. The molecule has 3 heterocycles. The van der Waals surface area contributed by atoms with Crippen LogP contribution in [0.5, 0.6) is 5.75 Å². The number of nitrogens with one attached hydrogen (secondary N) is 1. The minimum Gasteiger partial charge on any atom is -0.494 e. The second-order valence-electron chi connectivity index (χ2n) is 7.99. The maximum Gasteiger partial charge on any atom is 0.283 e. The van der Waals surface area contributed by atoms with Gasteiger partial charge in [-0.1, -0.05) is 12.1 Å². The second kappa shape index (κ2) is 8.99. The number of nitrogens with zero attached hydrogens (tertiary/aromatic N) is 4. The van der Waals surface area contributed by atoms with Gasteiger partial charge in [0, 0.05) is 22.6 Å². The van der Waals surface area contributed by atoms with Crippen molar-refractivity contribution >= 4 is 39.8 Å². The molecule has 1 N–H and O–H groups in total. The zero-order chi connectivity index (χ0) is 24.7. The molecule has 2 aliphatic rings. The van der Waals surface area contributed by atoms with E-state index < -0.39 is 11.7 Å². The Kier molecular flexibility index (Phi) is 5.86. The van der Waals surface area contributed by atoms with Crippen LogP contribution >= 0.6 is 11.8 Å². The van der Waals surface area contributed by atoms with E-state index in [9.17, 15) is 9.18 Å². The number of aliphatic imine (C=N–C) groups is 1. The summed E-state index contributed by atoms with van der Waals surface area (Å²) >= 11 is 1.07. The molecule has 0 bridgehead atoms. The largest absolute Gasteiger partial charge is 0.494 e. The number of carbonyl (C=O) groups excluding carboxylic acids is 1. The van der Waals surface area contributed by atoms with E-state index in [1.807, 2.05) is 51.1 Å². The zero-order valence-corrected chi connectivity index (χ0v) is 20.2. The molecule has 0 fully saturated rings. The van der Waals surface area contributed by atoms with Crippen LogP contribution in [0.2, 0.25) is 0 Å². The number of hydrogen-bond acceptors (Lipinski definition) is 5. The number of hydrogen-bond donors (Lipinski definition) is 1. The molecule has 1 aromatic heterocycles. The molecule has 0 atom stereocenters. The summed E-state index contributed by atoms with van der Waals surface area (Å²) in [5.41, 5.74) is 4.09. The van der Waals surface area contributed by atoms with Gasteiger partial charge in [0.25, 0.3) is 5.91 Å². The topological polar surface area (TPSA) is 83.0 Å². The number of fused-ring (bicyclic) bond motifs is 1. The molecule has 0 aliphatic carbocycles. The number of halogens is 1. The Morgan fingerprint density at radius 3 is 2.60 bits per heavy atom. The van der Waals surface area contributed by atoms with Gasteiger partial charge in [0.1, 0.15) is 16.6 Å². The third-order valence-corrected chi connectivity index (χ3v) is 6.68. The molecule has 0 unspecified atom stereocenters. The Hall–Kier alpha value is -3.98. The van der Waals surface area contributed by atoms with Crippen molar-refractivity contribution in [1.82, 2.24) is 9.58 Å². The van der Waals surface area contributed by atoms with Crippen molar-refractivity contribution < 1.29 is 13.9 Å². The summed E-state index contributed by atoms with van der Waals surface area (Å²) in [6, 6.07) is 16.0. The number of amidine groups is 2. The van der Waals surface area contributed by atoms with E-state index in [4.69, 9.17) is 10.1 Å². The monoisotopic (exact) mass is 487 g/mol. The summed E-state index contributed by atoms with van der Waals surface area (Å²) < 4.78 is 21.9. The number of aromatic nitrogens is 1. The highest BCUT2D eigenvalue weighted by atomic mass is 32.2. The van der Waals surface area contributed by atoms with E-state index in [-0.39, 0.29) is 16.6 Å². The molecule has 35 heavy (non-hydrogen) atoms. The highest BCUT2D eigenvalue weighted by molar-refractivity contribution is 8.27. The first kappa shape index (κ1) is 22.8. The number of hydrazone groups is 1. The average Bonchev–Trinajstić information content (AvgIpc) is 3.38. The summed E-state index contributed by atoms with van der Waals surface area (Å²) in [4.78, 5) is 17.0. The quantitative estimate of drug-likeness (QED) is 0.495. The summed E-state index contributed by atoms with van der Waals surface area (Å²) in [6.45, 7) is 6.49. The zero-order valence-electron chi connectivity index (χ0n) is 19.4. The van der Waals surface area contributed by atoms with E-state index in [0.717, 1.165) is 40.2 Å². The van der Waals surface area contributed by atoms with Crippen LogP contribution in [-0.2, 0) is 4.79 Å². The van der Waals surface area contributed by atoms with E-state index in [0.29, 0.717) is 17.2 Å². The predicted octanol–water partition coefficient (Wildman–Crippen LogP) is 5.30. The fourth-order valence-electron chi connectivity index (χ4n) is 4.08. The van der Waals surface area contributed by atoms with Crippen LogP contribution in [0.4, 0.5) is 4.39 Å². The Labute approximate surface area is 206 Å². The van der Waals surface area contributed by atoms with Crippen LogP contribution in [0, 0.1) is 25.1 Å². The summed E-state index contributed by atoms with van der Waals surface area (Å²) in [5.74, 6) is -0.237. The Morgan fingerprint density at radius 2 is 1.89 bits per heavy atom. The van der Waals surface area contributed by atoms with E-state index in [1.54, 1.807) is 24.3 Å². The lowest BCUT2D eigenvalue weighted by Crippen LogP contribution is -2.35. The third-order valence-electron chi connectivity index (χ3n) is 5.73. The van der Waals surface area contributed by atoms with Crippen molar-refractivity contribution in [3.63, 3.8) is 0 Å². The maximum atomic E-state index is 14.2. The lowest BCUT2D eigenvalue weighted by atomic mass is 10.1. The highest BCUT2D eigenvalue weighted by Gasteiger charge is 2.36. The van der Waals surface area contributed by atoms with Crippen molar-refractivity contribution in [1.29, 1.82) is 5.41 Å². The molecular weight excluding hydrogens is 465 g/mol. The number of thioether (sulfide) groups is 1. The van der Waals surface area contributed by atoms with Crippen molar-refractivity contribution in [3.8, 4) is 11.4 Å². The number of amides is 1. The highest BCUT2D eigenvalue weighted by Crippen LogP contribution is 2.32. The molecule has 1 amide bonds. The first-order valence-corrected chi connectivity index (χ1v) is 11.9. The average molecular weight is 488 g/mol. The molecule has 2 aromatic carbocycles. The van der Waals surface area contributed by atoms with Crippen LogP contribution < -0.4 is 4.74 Å². The van der Waals surface area contributed by atoms with E-state index in [2.05, 4.69) is 14.7 Å². The normalized spacial score (nSPS) is 16.5. The molecule has 7 nitrogen and oxygen atoms in total. The Balaban J connectivity index is 1.48. The summed E-state index contributed by atoms with van der Waals surface area (Å²) in [5, 5.41) is 14.9. The van der Waals surface area contributed by atoms with Crippen molar-refractivity contribution in [2.45, 2.75) is 20.8 Å². The number of ether oxygens (including phenoxy) is 1. The number of rotatable bonds is 5. The van der Waals surface area contributed by atoms with Gasteiger partial charge in [-0.05, 0) is 86.6 Å². The molecule has 0 radical (unpaired) electrons. The van der Waals surface area contributed by atoms with Gasteiger partial charge in [-0.3, -0.25) is 10.2 Å². The van der Waals surface area contributed by atoms with E-state index >= 15 is 0 Å². The van der Waals surface area contributed by atoms with E-state index in [1.165, 1.54) is 11.1 Å². The van der Waals surface area contributed by atoms with Gasteiger partial charge in [0.15, 0.2) is 5.84 Å². The fraction of sp³-hybridized carbons (Fsp3) is 0.154. The number of benzene rings is 2. The van der Waals surface area contributed by atoms with Crippen LogP contribution in [0.1, 0.15) is 29.4 Å². The van der Waals surface area contributed by atoms with Gasteiger partial charge in [0.2, 0.25) is 5.17 Å². The first-order chi connectivity index (χ1) is 16.9. The fourth-order valence-corrected chi connectivity index (χ4v) is 5.00. The molecule has 3 aromatic rings. The Morgan fingerprint density at radius 1 is 1.14 bits per heavy atom. The number of carbonyl (C=O) groups is 1. The first-order valence-electron chi connectivity index (χ1n) is 11.0. The molecule has 9 heteroatoms. The minimum atomic E-state index is -0.524. The Bertz CT molecular complexity index is 1450. The minimum absolute atomic E-state index is 0.0929. The van der Waals surface area contributed by atoms with Gasteiger partial charge >= 0.3 is 0 Å². The van der Waals surface area contributed by atoms with Gasteiger partial charge < -0.3 is 9.30 Å².